The smallest absolute Gasteiger partial charge is 0.271 e. The average Bonchev–Trinajstić information content (AvgIpc) is 3.00. The molecule has 2 N–H and O–H groups in total. The third-order valence-electron chi connectivity index (χ3n) is 5.28. The van der Waals surface area contributed by atoms with E-state index < -0.39 is 0 Å². The van der Waals surface area contributed by atoms with E-state index >= 15 is 0 Å². The Balaban J connectivity index is 1.91. The molecule has 0 bridgehead atoms. The van der Waals surface area contributed by atoms with Gasteiger partial charge in [-0.05, 0) is 53.1 Å². The molecule has 1 aliphatic heterocycles. The zero-order chi connectivity index (χ0) is 19.3. The van der Waals surface area contributed by atoms with Gasteiger partial charge < -0.3 is 15.2 Å². The molecule has 2 aliphatic rings. The van der Waals surface area contributed by atoms with Crippen molar-refractivity contribution in [2.45, 2.75) is 26.2 Å². The van der Waals surface area contributed by atoms with Gasteiger partial charge in [0.2, 0.25) is 0 Å². The first-order valence-corrected chi connectivity index (χ1v) is 9.05. The van der Waals surface area contributed by atoms with Gasteiger partial charge in [0.1, 0.15) is 0 Å². The Morgan fingerprint density at radius 3 is 2.78 bits per heavy atom. The number of nitro benzene ring substituents is 1. The van der Waals surface area contributed by atoms with Gasteiger partial charge in [-0.1, -0.05) is 0 Å². The second-order valence-corrected chi connectivity index (χ2v) is 7.48. The topological polar surface area (TPSA) is 86.6 Å². The van der Waals surface area contributed by atoms with Gasteiger partial charge in [0.25, 0.3) is 5.69 Å². The fourth-order valence-corrected chi connectivity index (χ4v) is 3.74. The Bertz CT molecular complexity index is 1040. The quantitative estimate of drug-likeness (QED) is 0.639. The highest BCUT2D eigenvalue weighted by Gasteiger charge is 2.31. The summed E-state index contributed by atoms with van der Waals surface area (Å²) in [6.45, 7) is 4.96. The molecule has 0 radical (unpaired) electrons. The van der Waals surface area contributed by atoms with Crippen LogP contribution in [0.15, 0.2) is 46.4 Å². The second-order valence-electron chi connectivity index (χ2n) is 7.48. The number of hydrogen-bond acceptors (Lipinski definition) is 5. The van der Waals surface area contributed by atoms with Gasteiger partial charge in [-0.25, -0.2) is 4.99 Å². The molecule has 0 amide bonds. The van der Waals surface area contributed by atoms with Gasteiger partial charge in [-0.3, -0.25) is 10.1 Å². The number of fused-ring (bicyclic) bond motifs is 5. The van der Waals surface area contributed by atoms with Crippen LogP contribution < -0.4 is 5.32 Å². The van der Waals surface area contributed by atoms with Crippen LogP contribution in [0.4, 0.5) is 5.69 Å². The summed E-state index contributed by atoms with van der Waals surface area (Å²) in [5, 5.41) is 15.6. The van der Waals surface area contributed by atoms with Gasteiger partial charge >= 0.3 is 0 Å². The van der Waals surface area contributed by atoms with Crippen molar-refractivity contribution >= 4 is 22.3 Å². The first kappa shape index (κ1) is 17.5. The van der Waals surface area contributed by atoms with E-state index in [0.717, 1.165) is 57.9 Å². The molecule has 4 rings (SSSR count). The standard InChI is InChI=1S/C20H23N5O2/c1-11-12(2)22-20-17(21-11)9-13(7-8-24(3)4)19-18(20)15-6-5-14(25(26)27)10-16(15)23-19/h5-6,9-10,13,21,23H,7-8H2,1-4H3. The first-order valence-electron chi connectivity index (χ1n) is 9.05. The minimum Gasteiger partial charge on any atom is -0.357 e. The highest BCUT2D eigenvalue weighted by Crippen LogP contribution is 2.39. The number of aromatic nitrogens is 1. The Morgan fingerprint density at radius 1 is 1.30 bits per heavy atom. The molecular weight excluding hydrogens is 342 g/mol. The Kier molecular flexibility index (Phi) is 4.11. The molecule has 1 atom stereocenters. The highest BCUT2D eigenvalue weighted by molar-refractivity contribution is 6.22. The summed E-state index contributed by atoms with van der Waals surface area (Å²) in [6.07, 6.45) is 3.18. The zero-order valence-electron chi connectivity index (χ0n) is 16.0. The van der Waals surface area contributed by atoms with E-state index in [1.807, 2.05) is 19.9 Å². The first-order chi connectivity index (χ1) is 12.8. The Morgan fingerprint density at radius 2 is 2.07 bits per heavy atom. The van der Waals surface area contributed by atoms with Crippen LogP contribution in [-0.2, 0) is 0 Å². The van der Waals surface area contributed by atoms with Crippen molar-refractivity contribution in [2.24, 2.45) is 4.99 Å². The van der Waals surface area contributed by atoms with Gasteiger partial charge in [0, 0.05) is 40.4 Å². The second kappa shape index (κ2) is 6.35. The van der Waals surface area contributed by atoms with Gasteiger partial charge in [-0.15, -0.1) is 0 Å². The lowest BCUT2D eigenvalue weighted by atomic mass is 9.86. The predicted molar refractivity (Wildman–Crippen MR) is 107 cm³/mol. The number of nitrogens with one attached hydrogen (secondary N) is 2. The van der Waals surface area contributed by atoms with Crippen LogP contribution in [0.5, 0.6) is 0 Å². The van der Waals surface area contributed by atoms with Crippen molar-refractivity contribution in [2.75, 3.05) is 20.6 Å². The fraction of sp³-hybridized carbons (Fsp3) is 0.350. The summed E-state index contributed by atoms with van der Waals surface area (Å²) in [4.78, 5) is 21.3. The predicted octanol–water partition coefficient (Wildman–Crippen LogP) is 3.65. The van der Waals surface area contributed by atoms with E-state index in [2.05, 4.69) is 35.4 Å². The largest absolute Gasteiger partial charge is 0.357 e. The molecule has 1 unspecified atom stereocenters. The van der Waals surface area contributed by atoms with E-state index in [1.165, 1.54) is 0 Å². The normalized spacial score (nSPS) is 18.8. The molecule has 27 heavy (non-hydrogen) atoms. The molecule has 1 aromatic carbocycles. The number of allylic oxidation sites excluding steroid dienone is 4. The van der Waals surface area contributed by atoms with E-state index in [1.54, 1.807) is 12.1 Å². The molecule has 0 spiro atoms. The number of aromatic amines is 1. The number of nitro groups is 1. The maximum atomic E-state index is 11.2. The SMILES string of the molecule is CC1=C(C)NC2=CC(CCN(C)C)c3[nH]c4cc([N+](=O)[O-])ccc4c3C2=N1. The van der Waals surface area contributed by atoms with Crippen LogP contribution in [0, 0.1) is 10.1 Å². The number of H-pyrrole nitrogens is 1. The maximum absolute atomic E-state index is 11.2. The third kappa shape index (κ3) is 2.94. The van der Waals surface area contributed by atoms with Crippen molar-refractivity contribution in [3.63, 3.8) is 0 Å². The van der Waals surface area contributed by atoms with E-state index in [-0.39, 0.29) is 16.5 Å². The average molecular weight is 365 g/mol. The van der Waals surface area contributed by atoms with Crippen LogP contribution in [0.1, 0.15) is 37.4 Å². The fourth-order valence-electron chi connectivity index (χ4n) is 3.74. The van der Waals surface area contributed by atoms with Gasteiger partial charge in [-0.2, -0.15) is 0 Å². The molecule has 2 heterocycles. The Labute approximate surface area is 157 Å². The lowest BCUT2D eigenvalue weighted by Gasteiger charge is -2.28. The number of rotatable bonds is 4. The van der Waals surface area contributed by atoms with Crippen molar-refractivity contribution < 1.29 is 4.92 Å². The van der Waals surface area contributed by atoms with Crippen LogP contribution >= 0.6 is 0 Å². The maximum Gasteiger partial charge on any atom is 0.271 e. The van der Waals surface area contributed by atoms with Crippen molar-refractivity contribution in [3.8, 4) is 0 Å². The van der Waals surface area contributed by atoms with E-state index in [0.29, 0.717) is 0 Å². The summed E-state index contributed by atoms with van der Waals surface area (Å²) in [7, 11) is 4.13. The lowest BCUT2D eigenvalue weighted by molar-refractivity contribution is -0.384. The van der Waals surface area contributed by atoms with Crippen LogP contribution in [0.3, 0.4) is 0 Å². The highest BCUT2D eigenvalue weighted by atomic mass is 16.6. The molecule has 0 fully saturated rings. The molecule has 140 valence electrons. The van der Waals surface area contributed by atoms with Gasteiger partial charge in [0.05, 0.1) is 27.5 Å². The Hall–Kier alpha value is -2.93. The van der Waals surface area contributed by atoms with Crippen molar-refractivity contribution in [3.05, 3.63) is 62.7 Å². The van der Waals surface area contributed by atoms with E-state index in [9.17, 15) is 10.1 Å². The van der Waals surface area contributed by atoms with Gasteiger partial charge in [0.15, 0.2) is 0 Å². The zero-order valence-corrected chi connectivity index (χ0v) is 16.0. The van der Waals surface area contributed by atoms with Crippen molar-refractivity contribution in [1.82, 2.24) is 15.2 Å². The summed E-state index contributed by atoms with van der Waals surface area (Å²) >= 11 is 0. The summed E-state index contributed by atoms with van der Waals surface area (Å²) < 4.78 is 0. The lowest BCUT2D eigenvalue weighted by Crippen LogP contribution is -2.29. The minimum atomic E-state index is -0.359. The number of benzene rings is 1. The minimum absolute atomic E-state index is 0.0924. The number of non-ortho nitro benzene ring substituents is 1. The monoisotopic (exact) mass is 365 g/mol. The van der Waals surface area contributed by atoms with Crippen molar-refractivity contribution in [1.29, 1.82) is 0 Å². The summed E-state index contributed by atoms with van der Waals surface area (Å²) in [6, 6.07) is 5.01. The van der Waals surface area contributed by atoms with E-state index in [4.69, 9.17) is 4.99 Å². The molecule has 2 aromatic rings. The number of aliphatic imine (C=N–C) groups is 1. The molecular formula is C20H23N5O2. The molecule has 0 saturated heterocycles. The molecule has 7 nitrogen and oxygen atoms in total. The summed E-state index contributed by atoms with van der Waals surface area (Å²) in [5.41, 5.74) is 6.96. The number of hydrogen-bond donors (Lipinski definition) is 2. The molecule has 7 heteroatoms. The van der Waals surface area contributed by atoms with Crippen LogP contribution in [0.25, 0.3) is 10.9 Å². The van der Waals surface area contributed by atoms with Crippen LogP contribution in [0.2, 0.25) is 0 Å². The molecule has 1 aromatic heterocycles. The molecule has 1 aliphatic carbocycles. The third-order valence-corrected chi connectivity index (χ3v) is 5.28. The summed E-state index contributed by atoms with van der Waals surface area (Å²) in [5.74, 6) is 0.196. The van der Waals surface area contributed by atoms with Crippen LogP contribution in [-0.4, -0.2) is 41.2 Å². The molecule has 0 saturated carbocycles. The number of nitrogens with zero attached hydrogens (tertiary/aromatic N) is 3.